The molecule has 0 bridgehead atoms. The summed E-state index contributed by atoms with van der Waals surface area (Å²) in [5.41, 5.74) is 2.52. The Morgan fingerprint density at radius 1 is 1.12 bits per heavy atom. The average Bonchev–Trinajstić information content (AvgIpc) is 2.94. The normalized spacial score (nSPS) is 10.4. The van der Waals surface area contributed by atoms with Crippen molar-refractivity contribution in [2.45, 2.75) is 13.5 Å². The van der Waals surface area contributed by atoms with Crippen molar-refractivity contribution in [2.24, 2.45) is 0 Å². The fourth-order valence-electron chi connectivity index (χ4n) is 2.48. The largest absolute Gasteiger partial charge is 0.497 e. The van der Waals surface area contributed by atoms with Crippen molar-refractivity contribution in [1.82, 2.24) is 9.78 Å². The van der Waals surface area contributed by atoms with Gasteiger partial charge in [0.15, 0.2) is 0 Å². The van der Waals surface area contributed by atoms with E-state index in [1.807, 2.05) is 43.3 Å². The molecule has 3 rings (SSSR count). The number of aromatic nitrogens is 2. The summed E-state index contributed by atoms with van der Waals surface area (Å²) in [6.07, 6.45) is 0. The SMILES string of the molecule is COc1cccc(C(=O)Nc2cc(C)nn2Cc2ccccc2)c1. The molecule has 0 aliphatic carbocycles. The van der Waals surface area contributed by atoms with Crippen molar-refractivity contribution in [3.8, 4) is 5.75 Å². The molecule has 0 fully saturated rings. The van der Waals surface area contributed by atoms with Gasteiger partial charge < -0.3 is 10.1 Å². The van der Waals surface area contributed by atoms with E-state index in [-0.39, 0.29) is 5.91 Å². The first-order valence-corrected chi connectivity index (χ1v) is 7.69. The number of methoxy groups -OCH3 is 1. The Morgan fingerprint density at radius 2 is 1.92 bits per heavy atom. The molecule has 0 saturated heterocycles. The van der Waals surface area contributed by atoms with Gasteiger partial charge in [0.2, 0.25) is 0 Å². The molecule has 0 aliphatic rings. The zero-order valence-electron chi connectivity index (χ0n) is 13.7. The van der Waals surface area contributed by atoms with Gasteiger partial charge in [-0.1, -0.05) is 36.4 Å². The van der Waals surface area contributed by atoms with Crippen LogP contribution >= 0.6 is 0 Å². The molecule has 0 radical (unpaired) electrons. The first-order valence-electron chi connectivity index (χ1n) is 7.69. The van der Waals surface area contributed by atoms with Crippen LogP contribution in [0.2, 0.25) is 0 Å². The Bertz CT molecular complexity index is 841. The van der Waals surface area contributed by atoms with E-state index in [2.05, 4.69) is 10.4 Å². The Balaban J connectivity index is 1.81. The zero-order chi connectivity index (χ0) is 16.9. The second kappa shape index (κ2) is 7.00. The fourth-order valence-corrected chi connectivity index (χ4v) is 2.48. The number of anilines is 1. The van der Waals surface area contributed by atoms with Gasteiger partial charge >= 0.3 is 0 Å². The molecule has 0 atom stereocenters. The second-order valence-electron chi connectivity index (χ2n) is 5.50. The van der Waals surface area contributed by atoms with Crippen LogP contribution < -0.4 is 10.1 Å². The van der Waals surface area contributed by atoms with Crippen molar-refractivity contribution < 1.29 is 9.53 Å². The number of amides is 1. The summed E-state index contributed by atoms with van der Waals surface area (Å²) in [5.74, 6) is 1.13. The molecule has 122 valence electrons. The van der Waals surface area contributed by atoms with Gasteiger partial charge in [-0.15, -0.1) is 0 Å². The van der Waals surface area contributed by atoms with E-state index < -0.39 is 0 Å². The van der Waals surface area contributed by atoms with Crippen molar-refractivity contribution in [3.05, 3.63) is 77.5 Å². The molecule has 1 heterocycles. The van der Waals surface area contributed by atoms with Gasteiger partial charge in [-0.2, -0.15) is 5.10 Å². The minimum Gasteiger partial charge on any atom is -0.497 e. The number of rotatable bonds is 5. The second-order valence-corrected chi connectivity index (χ2v) is 5.50. The lowest BCUT2D eigenvalue weighted by Gasteiger charge is -2.10. The summed E-state index contributed by atoms with van der Waals surface area (Å²) >= 11 is 0. The third-order valence-corrected chi connectivity index (χ3v) is 3.65. The van der Waals surface area contributed by atoms with Crippen molar-refractivity contribution in [3.63, 3.8) is 0 Å². The van der Waals surface area contributed by atoms with E-state index in [0.29, 0.717) is 23.7 Å². The molecule has 3 aromatic rings. The summed E-state index contributed by atoms with van der Waals surface area (Å²) in [7, 11) is 1.58. The van der Waals surface area contributed by atoms with Gasteiger partial charge in [0.25, 0.3) is 5.91 Å². The highest BCUT2D eigenvalue weighted by molar-refractivity contribution is 6.04. The van der Waals surface area contributed by atoms with Gasteiger partial charge in [-0.3, -0.25) is 4.79 Å². The highest BCUT2D eigenvalue weighted by Crippen LogP contribution is 2.17. The number of benzene rings is 2. The molecule has 1 amide bonds. The third kappa shape index (κ3) is 3.63. The molecule has 5 heteroatoms. The summed E-state index contributed by atoms with van der Waals surface area (Å²) < 4.78 is 6.96. The topological polar surface area (TPSA) is 56.1 Å². The minimum atomic E-state index is -0.192. The van der Waals surface area contributed by atoms with Gasteiger partial charge in [-0.05, 0) is 30.7 Å². The van der Waals surface area contributed by atoms with Crippen LogP contribution in [0, 0.1) is 6.92 Å². The molecular weight excluding hydrogens is 302 g/mol. The van der Waals surface area contributed by atoms with Crippen molar-refractivity contribution in [2.75, 3.05) is 12.4 Å². The minimum absolute atomic E-state index is 0.192. The van der Waals surface area contributed by atoms with Crippen LogP contribution in [0.1, 0.15) is 21.6 Å². The molecule has 24 heavy (non-hydrogen) atoms. The van der Waals surface area contributed by atoms with Gasteiger partial charge in [0.05, 0.1) is 19.3 Å². The quantitative estimate of drug-likeness (QED) is 0.782. The van der Waals surface area contributed by atoms with Crippen LogP contribution in [-0.2, 0) is 6.54 Å². The summed E-state index contributed by atoms with van der Waals surface area (Å²) in [6, 6.07) is 18.9. The van der Waals surface area contributed by atoms with Crippen LogP contribution in [0.4, 0.5) is 5.82 Å². The molecular formula is C19H19N3O2. The first kappa shape index (κ1) is 15.8. The molecule has 1 aromatic heterocycles. The lowest BCUT2D eigenvalue weighted by molar-refractivity contribution is 0.102. The van der Waals surface area contributed by atoms with Crippen molar-refractivity contribution in [1.29, 1.82) is 0 Å². The van der Waals surface area contributed by atoms with E-state index in [0.717, 1.165) is 11.3 Å². The zero-order valence-corrected chi connectivity index (χ0v) is 13.7. The van der Waals surface area contributed by atoms with Crippen LogP contribution in [-0.4, -0.2) is 22.8 Å². The lowest BCUT2D eigenvalue weighted by atomic mass is 10.2. The Labute approximate surface area is 140 Å². The molecule has 1 N–H and O–H groups in total. The summed E-state index contributed by atoms with van der Waals surface area (Å²) in [4.78, 5) is 12.5. The number of carbonyl (C=O) groups excluding carboxylic acids is 1. The number of carbonyl (C=O) groups is 1. The number of nitrogens with one attached hydrogen (secondary N) is 1. The van der Waals surface area contributed by atoms with Crippen LogP contribution in [0.5, 0.6) is 5.75 Å². The van der Waals surface area contributed by atoms with Gasteiger partial charge in [0, 0.05) is 11.6 Å². The monoisotopic (exact) mass is 321 g/mol. The van der Waals surface area contributed by atoms with E-state index in [9.17, 15) is 4.79 Å². The number of aryl methyl sites for hydroxylation is 1. The Morgan fingerprint density at radius 3 is 2.67 bits per heavy atom. The van der Waals surface area contributed by atoms with E-state index >= 15 is 0 Å². The smallest absolute Gasteiger partial charge is 0.256 e. The molecule has 0 saturated carbocycles. The van der Waals surface area contributed by atoms with E-state index in [1.165, 1.54) is 0 Å². The fraction of sp³-hybridized carbons (Fsp3) is 0.158. The number of nitrogens with zero attached hydrogens (tertiary/aromatic N) is 2. The van der Waals surface area contributed by atoms with Gasteiger partial charge in [0.1, 0.15) is 11.6 Å². The maximum absolute atomic E-state index is 12.5. The predicted molar refractivity (Wildman–Crippen MR) is 93.5 cm³/mol. The predicted octanol–water partition coefficient (Wildman–Crippen LogP) is 3.50. The van der Waals surface area contributed by atoms with Gasteiger partial charge in [-0.25, -0.2) is 4.68 Å². The molecule has 0 spiro atoms. The molecule has 0 aliphatic heterocycles. The lowest BCUT2D eigenvalue weighted by Crippen LogP contribution is -2.16. The summed E-state index contributed by atoms with van der Waals surface area (Å²) in [6.45, 7) is 2.51. The highest BCUT2D eigenvalue weighted by Gasteiger charge is 2.12. The maximum atomic E-state index is 12.5. The average molecular weight is 321 g/mol. The summed E-state index contributed by atoms with van der Waals surface area (Å²) in [5, 5.41) is 7.39. The van der Waals surface area contributed by atoms with E-state index in [1.54, 1.807) is 36.1 Å². The van der Waals surface area contributed by atoms with Crippen LogP contribution in [0.3, 0.4) is 0 Å². The standard InChI is InChI=1S/C19H19N3O2/c1-14-11-18(22(21-14)13-15-7-4-3-5-8-15)20-19(23)16-9-6-10-17(12-16)24-2/h3-12H,13H2,1-2H3,(H,20,23). The van der Waals surface area contributed by atoms with Crippen molar-refractivity contribution >= 4 is 11.7 Å². The Kier molecular flexibility index (Phi) is 4.61. The highest BCUT2D eigenvalue weighted by atomic mass is 16.5. The first-order chi connectivity index (χ1) is 11.7. The molecule has 2 aromatic carbocycles. The van der Waals surface area contributed by atoms with Crippen LogP contribution in [0.25, 0.3) is 0 Å². The Hall–Kier alpha value is -3.08. The number of hydrogen-bond donors (Lipinski definition) is 1. The third-order valence-electron chi connectivity index (χ3n) is 3.65. The van der Waals surface area contributed by atoms with E-state index in [4.69, 9.17) is 4.74 Å². The maximum Gasteiger partial charge on any atom is 0.256 e. The molecule has 5 nitrogen and oxygen atoms in total. The number of hydrogen-bond acceptors (Lipinski definition) is 3. The molecule has 0 unspecified atom stereocenters. The van der Waals surface area contributed by atoms with Crippen LogP contribution in [0.15, 0.2) is 60.7 Å². The number of ether oxygens (including phenoxy) is 1.